The van der Waals surface area contributed by atoms with Gasteiger partial charge >= 0.3 is 0 Å². The molecule has 0 N–H and O–H groups in total. The lowest BCUT2D eigenvalue weighted by molar-refractivity contribution is 0.469. The largest absolute Gasteiger partial charge is 0.208 e. The quantitative estimate of drug-likeness (QED) is 0.108. The second-order valence-electron chi connectivity index (χ2n) is 41.8. The Hall–Kier alpha value is -17.1. The second kappa shape index (κ2) is 48.3. The number of fused-ring (bicyclic) bond motifs is 2. The van der Waals surface area contributed by atoms with Crippen molar-refractivity contribution in [2.24, 2.45) is 5.41 Å². The van der Waals surface area contributed by atoms with E-state index in [2.05, 4.69) is 486 Å². The van der Waals surface area contributed by atoms with Gasteiger partial charge < -0.3 is 0 Å². The number of hydrogen-bond acceptors (Lipinski definition) is 6. The van der Waals surface area contributed by atoms with Gasteiger partial charge in [0.05, 0.1) is 0 Å². The average Bonchev–Trinajstić information content (AvgIpc) is 0.799. The van der Waals surface area contributed by atoms with Crippen LogP contribution in [0.1, 0.15) is 118 Å². The van der Waals surface area contributed by atoms with Gasteiger partial charge in [-0.25, -0.2) is 29.9 Å². The Bertz CT molecular complexity index is 7640. The molecular weight excluding hydrogens is 1780 g/mol. The van der Waals surface area contributed by atoms with Crippen LogP contribution in [0.5, 0.6) is 0 Å². The first kappa shape index (κ1) is 103. The molecule has 0 radical (unpaired) electrons. The Balaban J connectivity index is 0.000000132. The third-order valence-electron chi connectivity index (χ3n) is 25.2. The molecule has 0 aliphatic rings. The van der Waals surface area contributed by atoms with Gasteiger partial charge in [0.15, 0.2) is 34.9 Å². The lowest BCUT2D eigenvalue weighted by atomic mass is 9.83. The summed E-state index contributed by atoms with van der Waals surface area (Å²) in [7, 11) is 0. The van der Waals surface area contributed by atoms with E-state index >= 15 is 0 Å². The summed E-state index contributed by atoms with van der Waals surface area (Å²) in [5.41, 5.74) is 33.0. The fourth-order valence-corrected chi connectivity index (χ4v) is 16.9. The third-order valence-corrected chi connectivity index (χ3v) is 25.2. The SMILES string of the molecule is CC(C)(C)C.CC(C)(C)c1cc(-c2ccc(-c3ccccc3)cc2)cc(-c2ccc(-c3ccccc3)cc2)c1.CC(C)(C)c1ccc(-c2nc(-c3ccccc3)nc(-c3ccc(-c4ccccc4)cc3)n2)cc1.CC(C)(C)c1ccc(-c2nc(-c3ccccc3)nc(-c3ccccc3)n2)cc1.Cc1ccccc1.Cc1ccccc1.c1ccc(-c2cc(-c3ccc4ccccc4c3)cc(-c3ccc4ccccc4c3)c2)cc1. The molecule has 20 aromatic carbocycles. The summed E-state index contributed by atoms with van der Waals surface area (Å²) in [4.78, 5) is 28.8. The van der Waals surface area contributed by atoms with Gasteiger partial charge in [-0.2, -0.15) is 0 Å². The topological polar surface area (TPSA) is 77.3 Å². The number of aromatic nitrogens is 6. The van der Waals surface area contributed by atoms with Crippen LogP contribution >= 0.6 is 0 Å². The minimum Gasteiger partial charge on any atom is -0.208 e. The van der Waals surface area contributed by atoms with Crippen molar-refractivity contribution in [3.63, 3.8) is 0 Å². The molecule has 0 saturated carbocycles. The van der Waals surface area contributed by atoms with Gasteiger partial charge in [0.2, 0.25) is 0 Å². The highest BCUT2D eigenvalue weighted by Crippen LogP contribution is 2.40. The van der Waals surface area contributed by atoms with Gasteiger partial charge in [0.25, 0.3) is 0 Å². The highest BCUT2D eigenvalue weighted by Gasteiger charge is 2.22. The van der Waals surface area contributed by atoms with Crippen LogP contribution in [0.2, 0.25) is 0 Å². The summed E-state index contributed by atoms with van der Waals surface area (Å²) in [6, 6.07) is 181. The summed E-state index contributed by atoms with van der Waals surface area (Å²) in [5.74, 6) is 4.08. The maximum absolute atomic E-state index is 4.87. The molecule has 22 rings (SSSR count). The van der Waals surface area contributed by atoms with Crippen LogP contribution in [0.25, 0.3) is 179 Å². The monoisotopic (exact) mass is 1910 g/mol. The molecule has 0 aliphatic carbocycles. The Morgan fingerprint density at radius 2 is 0.279 bits per heavy atom. The highest BCUT2D eigenvalue weighted by atomic mass is 15.0. The fraction of sp³-hybridized carbons (Fsp3) is 0.135. The smallest absolute Gasteiger partial charge is 0.164 e. The molecule has 0 saturated heterocycles. The predicted octanol–water partition coefficient (Wildman–Crippen LogP) is 38.7. The van der Waals surface area contributed by atoms with E-state index in [1.165, 1.54) is 138 Å². The predicted molar refractivity (Wildman–Crippen MR) is 627 cm³/mol. The van der Waals surface area contributed by atoms with Gasteiger partial charge in [0, 0.05) is 33.4 Å². The average molecular weight is 1910 g/mol. The van der Waals surface area contributed by atoms with Crippen LogP contribution in [0, 0.1) is 19.3 Å². The molecule has 6 nitrogen and oxygen atoms in total. The summed E-state index contributed by atoms with van der Waals surface area (Å²) in [6.45, 7) is 33.1. The minimum atomic E-state index is 0.0682. The summed E-state index contributed by atoms with van der Waals surface area (Å²) < 4.78 is 0. The Kier molecular flexibility index (Phi) is 33.8. The molecule has 6 heteroatoms. The van der Waals surface area contributed by atoms with Crippen molar-refractivity contribution < 1.29 is 0 Å². The van der Waals surface area contributed by atoms with Crippen LogP contribution in [-0.2, 0) is 16.2 Å². The fourth-order valence-electron chi connectivity index (χ4n) is 16.9. The third kappa shape index (κ3) is 29.2. The molecule has 0 unspecified atom stereocenters. The Labute approximate surface area is 871 Å². The zero-order valence-electron chi connectivity index (χ0n) is 87.3. The molecular formula is C141H130N6. The van der Waals surface area contributed by atoms with E-state index < -0.39 is 0 Å². The van der Waals surface area contributed by atoms with Gasteiger partial charge in [-0.3, -0.25) is 0 Å². The molecule has 147 heavy (non-hydrogen) atoms. The molecule has 0 aliphatic heterocycles. The first-order chi connectivity index (χ1) is 71.1. The van der Waals surface area contributed by atoms with E-state index in [4.69, 9.17) is 29.9 Å². The zero-order valence-corrected chi connectivity index (χ0v) is 87.3. The van der Waals surface area contributed by atoms with Crippen molar-refractivity contribution in [3.8, 4) is 157 Å². The highest BCUT2D eigenvalue weighted by molar-refractivity contribution is 5.92. The lowest BCUT2D eigenvalue weighted by Gasteiger charge is -2.22. The molecule has 22 aromatic rings. The van der Waals surface area contributed by atoms with Crippen LogP contribution < -0.4 is 0 Å². The molecule has 0 atom stereocenters. The maximum Gasteiger partial charge on any atom is 0.164 e. The molecule has 2 heterocycles. The molecule has 0 spiro atoms. The van der Waals surface area contributed by atoms with Gasteiger partial charge in [-0.05, 0) is 199 Å². The van der Waals surface area contributed by atoms with Gasteiger partial charge in [-0.1, -0.05) is 580 Å². The molecule has 0 amide bonds. The first-order valence-corrected chi connectivity index (χ1v) is 50.8. The first-order valence-electron chi connectivity index (χ1n) is 50.8. The zero-order chi connectivity index (χ0) is 103. The molecule has 0 bridgehead atoms. The van der Waals surface area contributed by atoms with E-state index in [1.54, 1.807) is 0 Å². The van der Waals surface area contributed by atoms with Crippen LogP contribution in [0.4, 0.5) is 0 Å². The van der Waals surface area contributed by atoms with Crippen LogP contribution in [0.15, 0.2) is 516 Å². The van der Waals surface area contributed by atoms with Crippen molar-refractivity contribution in [1.29, 1.82) is 0 Å². The van der Waals surface area contributed by atoms with Gasteiger partial charge in [-0.15, -0.1) is 0 Å². The summed E-state index contributed by atoms with van der Waals surface area (Å²) in [6.07, 6.45) is 0. The van der Waals surface area contributed by atoms with E-state index in [0.717, 1.165) is 33.4 Å². The van der Waals surface area contributed by atoms with E-state index in [-0.39, 0.29) is 16.2 Å². The molecule has 2 aromatic heterocycles. The summed E-state index contributed by atoms with van der Waals surface area (Å²) >= 11 is 0. The van der Waals surface area contributed by atoms with E-state index in [0.29, 0.717) is 40.4 Å². The molecule has 0 fully saturated rings. The van der Waals surface area contributed by atoms with Crippen molar-refractivity contribution in [3.05, 3.63) is 543 Å². The van der Waals surface area contributed by atoms with Crippen molar-refractivity contribution in [2.45, 2.75) is 120 Å². The van der Waals surface area contributed by atoms with Crippen molar-refractivity contribution in [1.82, 2.24) is 29.9 Å². The standard InChI is InChI=1S/C34H30.C32H22.C31H27N3.C25H23N3.2C7H8.C5H12/c1-34(2,3)33-23-31(29-18-14-27(15-19-29)25-10-6-4-7-11-25)22-32(24-33)30-20-16-28(17-21-30)26-12-8-5-9-13-26;1-2-8-23(9-3-1)30-20-31(28-16-14-24-10-4-6-12-26(24)18-28)22-32(21-30)29-17-15-25-11-5-7-13-27(25)19-29;1-31(2,3)27-20-18-26(19-21-27)30-33-28(24-12-8-5-9-13-24)32-29(34-30)25-16-14-23(15-17-25)22-10-6-4-7-11-22;1-25(2,3)21-16-14-20(15-17-21)24-27-22(18-10-6-4-7-11-18)26-23(28-24)19-12-8-5-9-13-19;2*1-7-5-3-2-4-6-7;1-5(2,3)4/h4-24H,1-3H3;1-22H;4-21H,1-3H3;4-17H,1-3H3;2*2-6H,1H3;1-4H3. The second-order valence-corrected chi connectivity index (χ2v) is 41.8. The lowest BCUT2D eigenvalue weighted by Crippen LogP contribution is -2.11. The molecule has 724 valence electrons. The van der Waals surface area contributed by atoms with Crippen molar-refractivity contribution >= 4 is 21.5 Å². The number of hydrogen-bond donors (Lipinski definition) is 0. The Morgan fingerprint density at radius 3 is 0.503 bits per heavy atom. The normalized spacial score (nSPS) is 11.1. The van der Waals surface area contributed by atoms with E-state index in [9.17, 15) is 0 Å². The van der Waals surface area contributed by atoms with Crippen LogP contribution in [0.3, 0.4) is 0 Å². The van der Waals surface area contributed by atoms with E-state index in [1.807, 2.05) is 133 Å². The van der Waals surface area contributed by atoms with Crippen LogP contribution in [-0.4, -0.2) is 29.9 Å². The summed E-state index contributed by atoms with van der Waals surface area (Å²) in [5, 5.41) is 5.07. The number of aryl methyl sites for hydroxylation is 2. The number of nitrogens with zero attached hydrogens (tertiary/aromatic N) is 6. The maximum atomic E-state index is 4.87. The Morgan fingerprint density at radius 1 is 0.122 bits per heavy atom. The number of benzene rings is 20. The number of rotatable bonds is 14. The minimum absolute atomic E-state index is 0.0682. The van der Waals surface area contributed by atoms with Crippen molar-refractivity contribution in [2.75, 3.05) is 0 Å². The van der Waals surface area contributed by atoms with Gasteiger partial charge in [0.1, 0.15) is 0 Å².